The lowest BCUT2D eigenvalue weighted by molar-refractivity contribution is 0.0239. The molecule has 0 unspecified atom stereocenters. The van der Waals surface area contributed by atoms with Gasteiger partial charge in [-0.25, -0.2) is 0 Å². The van der Waals surface area contributed by atoms with Gasteiger partial charge in [-0.15, -0.1) is 0 Å². The average Bonchev–Trinajstić information content (AvgIpc) is 3.15. The molecule has 0 N–H and O–H groups in total. The van der Waals surface area contributed by atoms with Crippen LogP contribution in [0.2, 0.25) is 0 Å². The van der Waals surface area contributed by atoms with Gasteiger partial charge in [0.2, 0.25) is 5.78 Å². The molecule has 2 aromatic carbocycles. The summed E-state index contributed by atoms with van der Waals surface area (Å²) < 4.78 is 23.0. The highest BCUT2D eigenvalue weighted by Gasteiger charge is 2.33. The number of hydrogen-bond donors (Lipinski definition) is 0. The summed E-state index contributed by atoms with van der Waals surface area (Å²) in [6, 6.07) is 11.3. The number of allylic oxidation sites excluding steroid dienone is 1. The molecule has 3 aliphatic rings. The number of benzene rings is 2. The van der Waals surface area contributed by atoms with Crippen LogP contribution in [-0.2, 0) is 11.3 Å². The molecule has 32 heavy (non-hydrogen) atoms. The van der Waals surface area contributed by atoms with Gasteiger partial charge in [-0.1, -0.05) is 12.1 Å². The average molecular weight is 437 g/mol. The van der Waals surface area contributed by atoms with Crippen molar-refractivity contribution in [1.82, 2.24) is 9.80 Å². The first kappa shape index (κ1) is 21.0. The molecule has 2 aromatic rings. The predicted molar refractivity (Wildman–Crippen MR) is 120 cm³/mol. The maximum Gasteiger partial charge on any atom is 0.231 e. The quantitative estimate of drug-likeness (QED) is 0.645. The molecule has 1 saturated heterocycles. The molecule has 0 atom stereocenters. The third-order valence-electron chi connectivity index (χ3n) is 6.01. The number of carbonyl (C=O) groups excluding carboxylic acids is 1. The van der Waals surface area contributed by atoms with Gasteiger partial charge in [-0.05, 0) is 42.8 Å². The second-order valence-electron chi connectivity index (χ2n) is 8.14. The third kappa shape index (κ3) is 4.37. The minimum atomic E-state index is -0.0953. The SMILES string of the molecule is CCOc1ccc(/C=C2\Oc3c(ccc4c3CN(CCN3CCOCC3)CO4)C2=O)cc1. The van der Waals surface area contributed by atoms with E-state index in [0.29, 0.717) is 37.0 Å². The number of nitrogens with zero attached hydrogens (tertiary/aromatic N) is 2. The van der Waals surface area contributed by atoms with Crippen LogP contribution in [0.3, 0.4) is 0 Å². The van der Waals surface area contributed by atoms with Crippen LogP contribution in [0, 0.1) is 0 Å². The third-order valence-corrected chi connectivity index (χ3v) is 6.01. The van der Waals surface area contributed by atoms with E-state index in [1.54, 1.807) is 12.1 Å². The summed E-state index contributed by atoms with van der Waals surface area (Å²) in [5, 5.41) is 0. The first-order valence-corrected chi connectivity index (χ1v) is 11.2. The van der Waals surface area contributed by atoms with Gasteiger partial charge in [-0.2, -0.15) is 0 Å². The Labute approximate surface area is 188 Å². The summed E-state index contributed by atoms with van der Waals surface area (Å²) in [4.78, 5) is 17.6. The zero-order valence-corrected chi connectivity index (χ0v) is 18.3. The molecule has 0 bridgehead atoms. The lowest BCUT2D eigenvalue weighted by Gasteiger charge is -2.33. The van der Waals surface area contributed by atoms with Crippen molar-refractivity contribution in [2.75, 3.05) is 52.7 Å². The lowest BCUT2D eigenvalue weighted by Crippen LogP contribution is -2.43. The van der Waals surface area contributed by atoms with Crippen LogP contribution in [-0.4, -0.2) is 68.3 Å². The summed E-state index contributed by atoms with van der Waals surface area (Å²) in [5.41, 5.74) is 2.43. The maximum atomic E-state index is 13.0. The van der Waals surface area contributed by atoms with Gasteiger partial charge in [0.1, 0.15) is 24.0 Å². The van der Waals surface area contributed by atoms with Gasteiger partial charge in [0.25, 0.3) is 0 Å². The van der Waals surface area contributed by atoms with E-state index < -0.39 is 0 Å². The van der Waals surface area contributed by atoms with Gasteiger partial charge < -0.3 is 18.9 Å². The summed E-state index contributed by atoms with van der Waals surface area (Å²) in [5.74, 6) is 2.47. The fourth-order valence-corrected chi connectivity index (χ4v) is 4.23. The molecule has 5 rings (SSSR count). The van der Waals surface area contributed by atoms with E-state index in [2.05, 4.69) is 9.80 Å². The minimum Gasteiger partial charge on any atom is -0.494 e. The molecule has 3 aliphatic heterocycles. The van der Waals surface area contributed by atoms with E-state index in [0.717, 1.165) is 62.0 Å². The fraction of sp³-hybridized carbons (Fsp3) is 0.400. The van der Waals surface area contributed by atoms with Gasteiger partial charge in [0.15, 0.2) is 5.76 Å². The monoisotopic (exact) mass is 436 g/mol. The minimum absolute atomic E-state index is 0.0953. The number of hydrogen-bond acceptors (Lipinski definition) is 7. The van der Waals surface area contributed by atoms with E-state index in [1.807, 2.05) is 37.3 Å². The van der Waals surface area contributed by atoms with Crippen molar-refractivity contribution in [3.63, 3.8) is 0 Å². The normalized spacial score (nSPS) is 19.9. The molecule has 7 nitrogen and oxygen atoms in total. The van der Waals surface area contributed by atoms with Crippen molar-refractivity contribution in [1.29, 1.82) is 0 Å². The Hall–Kier alpha value is -2.87. The van der Waals surface area contributed by atoms with Crippen molar-refractivity contribution in [2.24, 2.45) is 0 Å². The summed E-state index contributed by atoms with van der Waals surface area (Å²) in [6.07, 6.45) is 1.78. The first-order valence-electron chi connectivity index (χ1n) is 11.2. The molecular formula is C25H28N2O5. The van der Waals surface area contributed by atoms with Gasteiger partial charge in [0, 0.05) is 32.7 Å². The molecule has 0 spiro atoms. The number of ketones is 1. The van der Waals surface area contributed by atoms with Crippen molar-refractivity contribution in [3.05, 3.63) is 58.8 Å². The Kier molecular flexibility index (Phi) is 6.12. The van der Waals surface area contributed by atoms with Crippen molar-refractivity contribution in [2.45, 2.75) is 13.5 Å². The molecule has 168 valence electrons. The second kappa shape index (κ2) is 9.32. The summed E-state index contributed by atoms with van der Waals surface area (Å²) in [6.45, 7) is 9.21. The highest BCUT2D eigenvalue weighted by Crippen LogP contribution is 2.42. The molecule has 7 heteroatoms. The number of ether oxygens (including phenoxy) is 4. The zero-order chi connectivity index (χ0) is 21.9. The van der Waals surface area contributed by atoms with E-state index >= 15 is 0 Å². The Bertz CT molecular complexity index is 1010. The first-order chi connectivity index (χ1) is 15.7. The highest BCUT2D eigenvalue weighted by molar-refractivity contribution is 6.15. The molecule has 0 aliphatic carbocycles. The summed E-state index contributed by atoms with van der Waals surface area (Å²) >= 11 is 0. The molecule has 3 heterocycles. The van der Waals surface area contributed by atoms with Gasteiger partial charge in [0.05, 0.1) is 30.9 Å². The van der Waals surface area contributed by atoms with Crippen LogP contribution < -0.4 is 14.2 Å². The molecule has 0 saturated carbocycles. The van der Waals surface area contributed by atoms with Crippen LogP contribution in [0.1, 0.15) is 28.4 Å². The van der Waals surface area contributed by atoms with E-state index in [4.69, 9.17) is 18.9 Å². The number of rotatable bonds is 6. The molecular weight excluding hydrogens is 408 g/mol. The van der Waals surface area contributed by atoms with Crippen LogP contribution in [0.15, 0.2) is 42.2 Å². The Morgan fingerprint density at radius 1 is 1.03 bits per heavy atom. The van der Waals surface area contributed by atoms with E-state index in [1.165, 1.54) is 0 Å². The molecule has 0 radical (unpaired) electrons. The smallest absolute Gasteiger partial charge is 0.231 e. The summed E-state index contributed by atoms with van der Waals surface area (Å²) in [7, 11) is 0. The van der Waals surface area contributed by atoms with Crippen LogP contribution in [0.25, 0.3) is 6.08 Å². The molecule has 1 fully saturated rings. The fourth-order valence-electron chi connectivity index (χ4n) is 4.23. The van der Waals surface area contributed by atoms with Gasteiger partial charge in [-0.3, -0.25) is 14.6 Å². The topological polar surface area (TPSA) is 60.5 Å². The second-order valence-corrected chi connectivity index (χ2v) is 8.14. The van der Waals surface area contributed by atoms with Gasteiger partial charge >= 0.3 is 0 Å². The highest BCUT2D eigenvalue weighted by atomic mass is 16.5. The number of morpholine rings is 1. The maximum absolute atomic E-state index is 13.0. The molecule has 0 amide bonds. The predicted octanol–water partition coefficient (Wildman–Crippen LogP) is 3.19. The number of carbonyl (C=O) groups is 1. The van der Waals surface area contributed by atoms with E-state index in [-0.39, 0.29) is 5.78 Å². The number of Topliss-reactive ketones (excluding diaryl/α,β-unsaturated/α-hetero) is 1. The Morgan fingerprint density at radius 3 is 2.59 bits per heavy atom. The number of fused-ring (bicyclic) bond motifs is 3. The Balaban J connectivity index is 1.30. The van der Waals surface area contributed by atoms with Crippen molar-refractivity contribution in [3.8, 4) is 17.2 Å². The Morgan fingerprint density at radius 2 is 1.81 bits per heavy atom. The van der Waals surface area contributed by atoms with Crippen molar-refractivity contribution < 1.29 is 23.7 Å². The van der Waals surface area contributed by atoms with E-state index in [9.17, 15) is 4.79 Å². The van der Waals surface area contributed by atoms with Crippen LogP contribution in [0.4, 0.5) is 0 Å². The lowest BCUT2D eigenvalue weighted by atomic mass is 10.0. The standard InChI is InChI=1S/C25H28N2O5/c1-2-30-19-5-3-18(4-6-19)15-23-24(28)20-7-8-22-21(25(20)32-23)16-27(17-31-22)10-9-26-11-13-29-14-12-26/h3-8,15H,2,9-14,16-17H2,1H3/b23-15-. The van der Waals surface area contributed by atoms with Crippen molar-refractivity contribution >= 4 is 11.9 Å². The zero-order valence-electron chi connectivity index (χ0n) is 18.3. The largest absolute Gasteiger partial charge is 0.494 e. The molecule has 0 aromatic heterocycles. The van der Waals surface area contributed by atoms with Crippen LogP contribution in [0.5, 0.6) is 17.2 Å². The van der Waals surface area contributed by atoms with Crippen LogP contribution >= 0.6 is 0 Å².